The van der Waals surface area contributed by atoms with Gasteiger partial charge in [0.25, 0.3) is 0 Å². The molecule has 1 N–H and O–H groups in total. The molecular formula is C14H18FN. The molecule has 1 saturated heterocycles. The lowest BCUT2D eigenvalue weighted by Gasteiger charge is -2.23. The number of rotatable bonds is 2. The van der Waals surface area contributed by atoms with Crippen molar-refractivity contribution in [2.45, 2.75) is 37.5 Å². The van der Waals surface area contributed by atoms with Gasteiger partial charge in [-0.1, -0.05) is 12.1 Å². The maximum absolute atomic E-state index is 13.9. The van der Waals surface area contributed by atoms with E-state index in [4.69, 9.17) is 0 Å². The van der Waals surface area contributed by atoms with Crippen LogP contribution < -0.4 is 5.32 Å². The Morgan fingerprint density at radius 1 is 1.12 bits per heavy atom. The normalized spacial score (nSPS) is 25.7. The van der Waals surface area contributed by atoms with Crippen LogP contribution in [0.2, 0.25) is 0 Å². The topological polar surface area (TPSA) is 12.0 Å². The molecule has 1 aromatic rings. The first-order valence-electron chi connectivity index (χ1n) is 6.34. The largest absolute Gasteiger partial charge is 0.316 e. The molecule has 0 bridgehead atoms. The molecule has 3 rings (SSSR count). The van der Waals surface area contributed by atoms with E-state index in [1.807, 2.05) is 6.07 Å². The van der Waals surface area contributed by atoms with Crippen LogP contribution in [0.1, 0.15) is 48.6 Å². The third-order valence-corrected chi connectivity index (χ3v) is 3.81. The van der Waals surface area contributed by atoms with Crippen LogP contribution in [0.3, 0.4) is 0 Å². The Hall–Kier alpha value is -0.890. The third kappa shape index (κ3) is 1.99. The minimum atomic E-state index is 0.0190. The van der Waals surface area contributed by atoms with Gasteiger partial charge in [0.2, 0.25) is 0 Å². The fraction of sp³-hybridized carbons (Fsp3) is 0.571. The van der Waals surface area contributed by atoms with Gasteiger partial charge in [-0.05, 0) is 61.3 Å². The quantitative estimate of drug-likeness (QED) is 0.805. The van der Waals surface area contributed by atoms with Gasteiger partial charge in [-0.25, -0.2) is 4.39 Å². The van der Waals surface area contributed by atoms with E-state index in [1.165, 1.54) is 31.2 Å². The Morgan fingerprint density at radius 3 is 2.62 bits per heavy atom. The molecule has 16 heavy (non-hydrogen) atoms. The number of halogens is 1. The van der Waals surface area contributed by atoms with Gasteiger partial charge < -0.3 is 5.32 Å². The van der Waals surface area contributed by atoms with Crippen molar-refractivity contribution in [3.05, 3.63) is 35.1 Å². The average Bonchev–Trinajstić information content (AvgIpc) is 3.14. The van der Waals surface area contributed by atoms with Gasteiger partial charge in [-0.3, -0.25) is 0 Å². The van der Waals surface area contributed by atoms with E-state index in [9.17, 15) is 4.39 Å². The van der Waals surface area contributed by atoms with Gasteiger partial charge in [0.05, 0.1) is 0 Å². The molecule has 86 valence electrons. The van der Waals surface area contributed by atoms with E-state index in [0.717, 1.165) is 18.7 Å². The lowest BCUT2D eigenvalue weighted by atomic mass is 9.90. The van der Waals surface area contributed by atoms with Crippen LogP contribution in [-0.2, 0) is 0 Å². The van der Waals surface area contributed by atoms with Crippen molar-refractivity contribution in [1.82, 2.24) is 5.32 Å². The van der Waals surface area contributed by atoms with E-state index in [-0.39, 0.29) is 5.82 Å². The summed E-state index contributed by atoms with van der Waals surface area (Å²) in [7, 11) is 0. The maximum atomic E-state index is 13.9. The highest BCUT2D eigenvalue weighted by molar-refractivity contribution is 5.31. The molecule has 1 aromatic carbocycles. The van der Waals surface area contributed by atoms with Crippen molar-refractivity contribution >= 4 is 0 Å². The van der Waals surface area contributed by atoms with Crippen molar-refractivity contribution in [3.63, 3.8) is 0 Å². The lowest BCUT2D eigenvalue weighted by molar-refractivity contribution is 0.459. The van der Waals surface area contributed by atoms with Gasteiger partial charge in [0.1, 0.15) is 5.82 Å². The molecule has 1 aliphatic heterocycles. The SMILES string of the molecule is Fc1cc(C2CCCNC2)ccc1C1CC1. The predicted molar refractivity (Wildman–Crippen MR) is 63.2 cm³/mol. The van der Waals surface area contributed by atoms with Crippen LogP contribution in [0.25, 0.3) is 0 Å². The number of benzene rings is 1. The molecule has 1 heterocycles. The molecule has 2 heteroatoms. The Kier molecular flexibility index (Phi) is 2.68. The smallest absolute Gasteiger partial charge is 0.126 e. The second kappa shape index (κ2) is 4.17. The van der Waals surface area contributed by atoms with Gasteiger partial charge in [-0.2, -0.15) is 0 Å². The number of piperidine rings is 1. The molecular weight excluding hydrogens is 201 g/mol. The molecule has 1 unspecified atom stereocenters. The van der Waals surface area contributed by atoms with Gasteiger partial charge >= 0.3 is 0 Å². The highest BCUT2D eigenvalue weighted by atomic mass is 19.1. The van der Waals surface area contributed by atoms with Crippen molar-refractivity contribution in [1.29, 1.82) is 0 Å². The zero-order valence-corrected chi connectivity index (χ0v) is 9.51. The van der Waals surface area contributed by atoms with Crippen molar-refractivity contribution in [2.75, 3.05) is 13.1 Å². The predicted octanol–water partition coefficient (Wildman–Crippen LogP) is 3.17. The summed E-state index contributed by atoms with van der Waals surface area (Å²) in [4.78, 5) is 0. The summed E-state index contributed by atoms with van der Waals surface area (Å²) in [6, 6.07) is 5.91. The Morgan fingerprint density at radius 2 is 2.00 bits per heavy atom. The zero-order valence-electron chi connectivity index (χ0n) is 9.51. The monoisotopic (exact) mass is 219 g/mol. The number of hydrogen-bond acceptors (Lipinski definition) is 1. The highest BCUT2D eigenvalue weighted by Gasteiger charge is 2.27. The van der Waals surface area contributed by atoms with Crippen LogP contribution in [0, 0.1) is 5.82 Å². The van der Waals surface area contributed by atoms with Crippen LogP contribution in [0.5, 0.6) is 0 Å². The molecule has 1 saturated carbocycles. The van der Waals surface area contributed by atoms with Crippen molar-refractivity contribution in [2.24, 2.45) is 0 Å². The third-order valence-electron chi connectivity index (χ3n) is 3.81. The molecule has 0 aromatic heterocycles. The van der Waals surface area contributed by atoms with Crippen LogP contribution >= 0.6 is 0 Å². The van der Waals surface area contributed by atoms with Gasteiger partial charge in [-0.15, -0.1) is 0 Å². The second-order valence-electron chi connectivity index (χ2n) is 5.10. The molecule has 2 aliphatic rings. The van der Waals surface area contributed by atoms with Crippen LogP contribution in [0.15, 0.2) is 18.2 Å². The standard InChI is InChI=1S/C14H18FN/c15-14-8-11(12-2-1-7-16-9-12)5-6-13(14)10-3-4-10/h5-6,8,10,12,16H,1-4,7,9H2. The van der Waals surface area contributed by atoms with Crippen LogP contribution in [-0.4, -0.2) is 13.1 Å². The molecule has 1 aliphatic carbocycles. The van der Waals surface area contributed by atoms with E-state index in [0.29, 0.717) is 11.8 Å². The van der Waals surface area contributed by atoms with Crippen molar-refractivity contribution in [3.8, 4) is 0 Å². The minimum Gasteiger partial charge on any atom is -0.316 e. The lowest BCUT2D eigenvalue weighted by Crippen LogP contribution is -2.28. The Labute approximate surface area is 96.1 Å². The minimum absolute atomic E-state index is 0.0190. The summed E-state index contributed by atoms with van der Waals surface area (Å²) in [5, 5.41) is 3.38. The average molecular weight is 219 g/mol. The van der Waals surface area contributed by atoms with Gasteiger partial charge in [0, 0.05) is 6.54 Å². The maximum Gasteiger partial charge on any atom is 0.126 e. The molecule has 0 amide bonds. The second-order valence-corrected chi connectivity index (χ2v) is 5.10. The molecule has 0 radical (unpaired) electrons. The number of nitrogens with one attached hydrogen (secondary N) is 1. The fourth-order valence-corrected chi connectivity index (χ4v) is 2.66. The summed E-state index contributed by atoms with van der Waals surface area (Å²) >= 11 is 0. The van der Waals surface area contributed by atoms with Crippen molar-refractivity contribution < 1.29 is 4.39 Å². The molecule has 2 fully saturated rings. The zero-order chi connectivity index (χ0) is 11.0. The first-order chi connectivity index (χ1) is 7.84. The first-order valence-corrected chi connectivity index (χ1v) is 6.34. The number of hydrogen-bond donors (Lipinski definition) is 1. The Bertz CT molecular complexity index is 378. The van der Waals surface area contributed by atoms with Crippen LogP contribution in [0.4, 0.5) is 4.39 Å². The summed E-state index contributed by atoms with van der Waals surface area (Å²) in [6.45, 7) is 2.11. The van der Waals surface area contributed by atoms with Gasteiger partial charge in [0.15, 0.2) is 0 Å². The molecule has 1 nitrogen and oxygen atoms in total. The van der Waals surface area contributed by atoms with E-state index >= 15 is 0 Å². The van der Waals surface area contributed by atoms with E-state index < -0.39 is 0 Å². The molecule has 1 atom stereocenters. The summed E-state index contributed by atoms with van der Waals surface area (Å²) in [6.07, 6.45) is 4.73. The summed E-state index contributed by atoms with van der Waals surface area (Å²) in [5.41, 5.74) is 2.11. The Balaban J connectivity index is 1.81. The summed E-state index contributed by atoms with van der Waals surface area (Å²) < 4.78 is 13.9. The highest BCUT2D eigenvalue weighted by Crippen LogP contribution is 2.41. The first kappa shape index (κ1) is 10.3. The van der Waals surface area contributed by atoms with E-state index in [2.05, 4.69) is 11.4 Å². The molecule has 0 spiro atoms. The fourth-order valence-electron chi connectivity index (χ4n) is 2.66. The summed E-state index contributed by atoms with van der Waals surface area (Å²) in [5.74, 6) is 1.04. The van der Waals surface area contributed by atoms with E-state index in [1.54, 1.807) is 6.07 Å².